The van der Waals surface area contributed by atoms with Crippen LogP contribution in [0.2, 0.25) is 0 Å². The molecule has 0 spiro atoms. The average molecular weight is 381 g/mol. The van der Waals surface area contributed by atoms with Gasteiger partial charge in [-0.3, -0.25) is 4.99 Å². The van der Waals surface area contributed by atoms with Crippen molar-refractivity contribution in [2.75, 3.05) is 7.05 Å². The zero-order chi connectivity index (χ0) is 19.4. The lowest BCUT2D eigenvalue weighted by Crippen LogP contribution is -2.38. The monoisotopic (exact) mass is 381 g/mol. The van der Waals surface area contributed by atoms with E-state index < -0.39 is 6.36 Å². The van der Waals surface area contributed by atoms with E-state index in [-0.39, 0.29) is 23.5 Å². The molecule has 2 aromatic rings. The van der Waals surface area contributed by atoms with Gasteiger partial charge in [0.15, 0.2) is 5.96 Å². The number of nitrogens with zero attached hydrogens (tertiary/aromatic N) is 1. The molecule has 3 rings (SSSR count). The van der Waals surface area contributed by atoms with Crippen LogP contribution in [0.25, 0.3) is 0 Å². The molecule has 2 aromatic carbocycles. The Labute approximate surface area is 154 Å². The fraction of sp³-hybridized carbons (Fsp3) is 0.316. The van der Waals surface area contributed by atoms with E-state index in [2.05, 4.69) is 20.4 Å². The van der Waals surface area contributed by atoms with E-state index in [0.717, 1.165) is 5.56 Å². The molecule has 0 bridgehead atoms. The molecule has 1 saturated carbocycles. The second-order valence-corrected chi connectivity index (χ2v) is 6.23. The van der Waals surface area contributed by atoms with Gasteiger partial charge in [-0.05, 0) is 35.7 Å². The Balaban J connectivity index is 1.57. The molecule has 2 N–H and O–H groups in total. The Hall–Kier alpha value is -2.77. The number of benzene rings is 2. The molecule has 0 aliphatic heterocycles. The van der Waals surface area contributed by atoms with Gasteiger partial charge in [0.1, 0.15) is 11.6 Å². The van der Waals surface area contributed by atoms with E-state index >= 15 is 0 Å². The van der Waals surface area contributed by atoms with E-state index in [1.54, 1.807) is 31.3 Å². The standard InChI is InChI=1S/C19H19F4N3O/c1-24-18(25-11-12-6-8-13(20)9-7-12)26-16-10-15(16)14-4-2-3-5-17(14)27-19(21,22)23/h2-9,15-16H,10-11H2,1H3,(H2,24,25,26). The van der Waals surface area contributed by atoms with E-state index in [0.29, 0.717) is 24.5 Å². The molecular weight excluding hydrogens is 362 g/mol. The third kappa shape index (κ3) is 5.35. The molecule has 0 amide bonds. The van der Waals surface area contributed by atoms with Crippen molar-refractivity contribution in [1.82, 2.24) is 10.6 Å². The molecule has 0 radical (unpaired) electrons. The van der Waals surface area contributed by atoms with Crippen molar-refractivity contribution < 1.29 is 22.3 Å². The van der Waals surface area contributed by atoms with Crippen LogP contribution in [0, 0.1) is 5.82 Å². The first-order valence-corrected chi connectivity index (χ1v) is 8.42. The number of ether oxygens (including phenoxy) is 1. The zero-order valence-electron chi connectivity index (χ0n) is 14.6. The van der Waals surface area contributed by atoms with Gasteiger partial charge in [0.2, 0.25) is 0 Å². The van der Waals surface area contributed by atoms with Gasteiger partial charge in [-0.15, -0.1) is 13.2 Å². The van der Waals surface area contributed by atoms with Gasteiger partial charge >= 0.3 is 6.36 Å². The molecule has 1 fully saturated rings. The maximum absolute atomic E-state index is 12.9. The molecule has 144 valence electrons. The first kappa shape index (κ1) is 19.0. The first-order chi connectivity index (χ1) is 12.9. The Kier molecular flexibility index (Phi) is 5.53. The summed E-state index contributed by atoms with van der Waals surface area (Å²) >= 11 is 0. The molecule has 2 unspecified atom stereocenters. The topological polar surface area (TPSA) is 45.7 Å². The predicted molar refractivity (Wildman–Crippen MR) is 94.0 cm³/mol. The Morgan fingerprint density at radius 2 is 1.85 bits per heavy atom. The number of nitrogens with one attached hydrogen (secondary N) is 2. The lowest BCUT2D eigenvalue weighted by atomic mass is 10.1. The molecule has 1 aliphatic rings. The highest BCUT2D eigenvalue weighted by molar-refractivity contribution is 5.80. The van der Waals surface area contributed by atoms with Gasteiger partial charge < -0.3 is 15.4 Å². The SMILES string of the molecule is CN=C(NCc1ccc(F)cc1)NC1CC1c1ccccc1OC(F)(F)F. The van der Waals surface area contributed by atoms with Crippen molar-refractivity contribution in [3.63, 3.8) is 0 Å². The van der Waals surface area contributed by atoms with Crippen LogP contribution in [0.1, 0.15) is 23.5 Å². The lowest BCUT2D eigenvalue weighted by Gasteiger charge is -2.14. The van der Waals surface area contributed by atoms with Gasteiger partial charge in [0.05, 0.1) is 0 Å². The van der Waals surface area contributed by atoms with E-state index in [1.165, 1.54) is 24.3 Å². The summed E-state index contributed by atoms with van der Waals surface area (Å²) in [5, 5.41) is 6.30. The minimum atomic E-state index is -4.72. The highest BCUT2D eigenvalue weighted by Crippen LogP contribution is 2.45. The number of alkyl halides is 3. The maximum atomic E-state index is 12.9. The van der Waals surface area contributed by atoms with Crippen LogP contribution >= 0.6 is 0 Å². The van der Waals surface area contributed by atoms with Crippen LogP contribution in [0.4, 0.5) is 17.6 Å². The van der Waals surface area contributed by atoms with Gasteiger partial charge in [0.25, 0.3) is 0 Å². The van der Waals surface area contributed by atoms with Gasteiger partial charge in [0, 0.05) is 25.6 Å². The van der Waals surface area contributed by atoms with Crippen molar-refractivity contribution in [1.29, 1.82) is 0 Å². The van der Waals surface area contributed by atoms with Crippen LogP contribution in [-0.4, -0.2) is 25.4 Å². The highest BCUT2D eigenvalue weighted by atomic mass is 19.4. The van der Waals surface area contributed by atoms with E-state index in [4.69, 9.17) is 0 Å². The summed E-state index contributed by atoms with van der Waals surface area (Å²) in [6.45, 7) is 0.450. The first-order valence-electron chi connectivity index (χ1n) is 8.42. The summed E-state index contributed by atoms with van der Waals surface area (Å²) in [5.41, 5.74) is 1.40. The molecule has 4 nitrogen and oxygen atoms in total. The molecule has 0 aromatic heterocycles. The lowest BCUT2D eigenvalue weighted by molar-refractivity contribution is -0.274. The number of aliphatic imine (C=N–C) groups is 1. The van der Waals surface area contributed by atoms with E-state index in [9.17, 15) is 17.6 Å². The smallest absolute Gasteiger partial charge is 0.405 e. The minimum absolute atomic E-state index is 0.0394. The number of hydrogen-bond donors (Lipinski definition) is 2. The minimum Gasteiger partial charge on any atom is -0.405 e. The number of halogens is 4. The molecule has 2 atom stereocenters. The van der Waals surface area contributed by atoms with Gasteiger partial charge in [-0.2, -0.15) is 0 Å². The number of hydrogen-bond acceptors (Lipinski definition) is 2. The van der Waals surface area contributed by atoms with Crippen molar-refractivity contribution in [3.8, 4) is 5.75 Å². The summed E-state index contributed by atoms with van der Waals surface area (Å²) in [4.78, 5) is 4.12. The largest absolute Gasteiger partial charge is 0.573 e. The molecular formula is C19H19F4N3O. The van der Waals surface area contributed by atoms with Crippen LogP contribution in [0.5, 0.6) is 5.75 Å². The van der Waals surface area contributed by atoms with Crippen LogP contribution < -0.4 is 15.4 Å². The third-order valence-electron chi connectivity index (χ3n) is 4.25. The summed E-state index contributed by atoms with van der Waals surface area (Å²) in [6.07, 6.45) is -4.05. The second kappa shape index (κ2) is 7.85. The normalized spacial score (nSPS) is 19.5. The van der Waals surface area contributed by atoms with Crippen LogP contribution in [0.15, 0.2) is 53.5 Å². The van der Waals surface area contributed by atoms with E-state index in [1.807, 2.05) is 0 Å². The molecule has 8 heteroatoms. The van der Waals surface area contributed by atoms with Crippen molar-refractivity contribution in [3.05, 3.63) is 65.5 Å². The van der Waals surface area contributed by atoms with Crippen molar-refractivity contribution in [2.24, 2.45) is 4.99 Å². The average Bonchev–Trinajstić information content (AvgIpc) is 3.38. The fourth-order valence-electron chi connectivity index (χ4n) is 2.86. The quantitative estimate of drug-likeness (QED) is 0.468. The fourth-order valence-corrected chi connectivity index (χ4v) is 2.86. The zero-order valence-corrected chi connectivity index (χ0v) is 14.6. The van der Waals surface area contributed by atoms with Gasteiger partial charge in [-0.25, -0.2) is 4.39 Å². The molecule has 0 saturated heterocycles. The van der Waals surface area contributed by atoms with Crippen LogP contribution in [-0.2, 0) is 6.54 Å². The predicted octanol–water partition coefficient (Wildman–Crippen LogP) is 3.95. The highest BCUT2D eigenvalue weighted by Gasteiger charge is 2.42. The summed E-state index contributed by atoms with van der Waals surface area (Å²) in [6, 6.07) is 12.2. The third-order valence-corrected chi connectivity index (χ3v) is 4.25. The number of rotatable bonds is 5. The van der Waals surface area contributed by atoms with Gasteiger partial charge in [-0.1, -0.05) is 30.3 Å². The second-order valence-electron chi connectivity index (χ2n) is 6.23. The summed E-state index contributed by atoms with van der Waals surface area (Å²) in [7, 11) is 1.61. The van der Waals surface area contributed by atoms with Crippen LogP contribution in [0.3, 0.4) is 0 Å². The Morgan fingerprint density at radius 3 is 2.52 bits per heavy atom. The summed E-state index contributed by atoms with van der Waals surface area (Å²) in [5.74, 6) is -0.0376. The molecule has 0 heterocycles. The number of guanidine groups is 1. The summed E-state index contributed by atoms with van der Waals surface area (Å²) < 4.78 is 54.7. The number of para-hydroxylation sites is 1. The molecule has 27 heavy (non-hydrogen) atoms. The van der Waals surface area contributed by atoms with Crippen molar-refractivity contribution >= 4 is 5.96 Å². The van der Waals surface area contributed by atoms with Crippen molar-refractivity contribution in [2.45, 2.75) is 31.3 Å². The Bertz CT molecular complexity index is 805. The maximum Gasteiger partial charge on any atom is 0.573 e. The molecule has 1 aliphatic carbocycles. The Morgan fingerprint density at radius 1 is 1.15 bits per heavy atom.